The molecule has 1 aromatic carbocycles. The monoisotopic (exact) mass is 339 g/mol. The molecule has 3 heterocycles. The molecular formula is C21H29N3O. The van der Waals surface area contributed by atoms with E-state index in [0.29, 0.717) is 6.04 Å². The van der Waals surface area contributed by atoms with Gasteiger partial charge >= 0.3 is 0 Å². The zero-order valence-corrected chi connectivity index (χ0v) is 15.4. The van der Waals surface area contributed by atoms with Crippen LogP contribution in [0.3, 0.4) is 0 Å². The summed E-state index contributed by atoms with van der Waals surface area (Å²) in [5, 5.41) is 1.27. The Labute approximate surface area is 150 Å². The van der Waals surface area contributed by atoms with Crippen molar-refractivity contribution in [2.75, 3.05) is 44.3 Å². The zero-order valence-electron chi connectivity index (χ0n) is 15.4. The minimum Gasteiger partial charge on any atom is -0.379 e. The van der Waals surface area contributed by atoms with E-state index in [0.717, 1.165) is 56.6 Å². The lowest BCUT2D eigenvalue weighted by Crippen LogP contribution is -2.48. The fourth-order valence-electron chi connectivity index (χ4n) is 4.39. The third kappa shape index (κ3) is 3.51. The molecule has 0 bridgehead atoms. The number of hydrogen-bond donors (Lipinski definition) is 0. The van der Waals surface area contributed by atoms with Gasteiger partial charge in [0.2, 0.25) is 0 Å². The molecule has 2 aliphatic heterocycles. The standard InChI is InChI=1S/C21H29N3O/c1-16-15-21(22-20-6-4-3-5-19(16)20)24-9-7-18(8-10-24)17(2)23-11-13-25-14-12-23/h3-6,15,17-18H,7-14H2,1-2H3/t17-/m1/s1. The van der Waals surface area contributed by atoms with Gasteiger partial charge in [0.15, 0.2) is 0 Å². The largest absolute Gasteiger partial charge is 0.379 e. The summed E-state index contributed by atoms with van der Waals surface area (Å²) in [6.45, 7) is 10.8. The summed E-state index contributed by atoms with van der Waals surface area (Å²) < 4.78 is 5.50. The SMILES string of the molecule is Cc1cc(N2CCC([C@@H](C)N3CCOCC3)CC2)nc2ccccc12. The molecule has 0 saturated carbocycles. The van der Waals surface area contributed by atoms with Gasteiger partial charge in [0.1, 0.15) is 5.82 Å². The van der Waals surface area contributed by atoms with E-state index in [1.807, 2.05) is 0 Å². The van der Waals surface area contributed by atoms with Crippen LogP contribution < -0.4 is 4.90 Å². The molecule has 2 aliphatic rings. The lowest BCUT2D eigenvalue weighted by atomic mass is 9.89. The third-order valence-corrected chi connectivity index (χ3v) is 6.08. The summed E-state index contributed by atoms with van der Waals surface area (Å²) in [6.07, 6.45) is 2.51. The van der Waals surface area contributed by atoms with Gasteiger partial charge in [-0.15, -0.1) is 0 Å². The lowest BCUT2D eigenvalue weighted by molar-refractivity contribution is 0.00448. The molecule has 0 unspecified atom stereocenters. The van der Waals surface area contributed by atoms with Crippen molar-refractivity contribution in [2.24, 2.45) is 5.92 Å². The molecule has 2 fully saturated rings. The number of ether oxygens (including phenoxy) is 1. The average Bonchev–Trinajstić information content (AvgIpc) is 2.68. The summed E-state index contributed by atoms with van der Waals surface area (Å²) in [5.41, 5.74) is 2.44. The number of aromatic nitrogens is 1. The first kappa shape index (κ1) is 16.8. The Balaban J connectivity index is 1.43. The molecule has 0 spiro atoms. The molecule has 2 aromatic rings. The van der Waals surface area contributed by atoms with E-state index in [1.165, 1.54) is 23.8 Å². The number of fused-ring (bicyclic) bond motifs is 1. The molecule has 0 aliphatic carbocycles. The Bertz CT molecular complexity index is 718. The van der Waals surface area contributed by atoms with Gasteiger partial charge in [-0.05, 0) is 50.3 Å². The molecule has 0 amide bonds. The molecule has 2 saturated heterocycles. The van der Waals surface area contributed by atoms with Gasteiger partial charge < -0.3 is 9.64 Å². The zero-order chi connectivity index (χ0) is 17.2. The van der Waals surface area contributed by atoms with Crippen molar-refractivity contribution in [3.63, 3.8) is 0 Å². The van der Waals surface area contributed by atoms with Crippen molar-refractivity contribution in [2.45, 2.75) is 32.7 Å². The second-order valence-corrected chi connectivity index (χ2v) is 7.53. The van der Waals surface area contributed by atoms with Crippen molar-refractivity contribution in [3.8, 4) is 0 Å². The molecule has 0 radical (unpaired) electrons. The molecule has 4 nitrogen and oxygen atoms in total. The number of piperidine rings is 1. The summed E-state index contributed by atoms with van der Waals surface area (Å²) in [5.74, 6) is 1.93. The number of benzene rings is 1. The van der Waals surface area contributed by atoms with Crippen molar-refractivity contribution < 1.29 is 4.74 Å². The third-order valence-electron chi connectivity index (χ3n) is 6.08. The number of rotatable bonds is 3. The van der Waals surface area contributed by atoms with Crippen molar-refractivity contribution in [3.05, 3.63) is 35.9 Å². The number of aryl methyl sites for hydroxylation is 1. The molecule has 1 atom stereocenters. The highest BCUT2D eigenvalue weighted by atomic mass is 16.5. The molecule has 25 heavy (non-hydrogen) atoms. The van der Waals surface area contributed by atoms with Crippen LogP contribution in [0.5, 0.6) is 0 Å². The minimum absolute atomic E-state index is 0.664. The van der Waals surface area contributed by atoms with E-state index in [2.05, 4.69) is 54.0 Å². The van der Waals surface area contributed by atoms with Gasteiger partial charge in [0.25, 0.3) is 0 Å². The van der Waals surface area contributed by atoms with Crippen LogP contribution in [0, 0.1) is 12.8 Å². The summed E-state index contributed by atoms with van der Waals surface area (Å²) in [4.78, 5) is 10.0. The van der Waals surface area contributed by atoms with Gasteiger partial charge in [-0.3, -0.25) is 4.90 Å². The van der Waals surface area contributed by atoms with E-state index in [1.54, 1.807) is 0 Å². The quantitative estimate of drug-likeness (QED) is 0.856. The number of para-hydroxylation sites is 1. The van der Waals surface area contributed by atoms with Crippen molar-refractivity contribution >= 4 is 16.7 Å². The van der Waals surface area contributed by atoms with Crippen LogP contribution in [0.25, 0.3) is 10.9 Å². The van der Waals surface area contributed by atoms with Crippen molar-refractivity contribution in [1.29, 1.82) is 0 Å². The van der Waals surface area contributed by atoms with Crippen LogP contribution in [-0.4, -0.2) is 55.3 Å². The first-order chi connectivity index (χ1) is 12.2. The second kappa shape index (κ2) is 7.30. The average molecular weight is 339 g/mol. The molecular weight excluding hydrogens is 310 g/mol. The number of anilines is 1. The summed E-state index contributed by atoms with van der Waals surface area (Å²) >= 11 is 0. The van der Waals surface area contributed by atoms with Gasteiger partial charge in [0, 0.05) is 37.6 Å². The highest BCUT2D eigenvalue weighted by Gasteiger charge is 2.29. The normalized spacial score (nSPS) is 21.6. The smallest absolute Gasteiger partial charge is 0.129 e. The second-order valence-electron chi connectivity index (χ2n) is 7.53. The first-order valence-corrected chi connectivity index (χ1v) is 9.65. The first-order valence-electron chi connectivity index (χ1n) is 9.65. The van der Waals surface area contributed by atoms with Crippen LogP contribution in [0.4, 0.5) is 5.82 Å². The Kier molecular flexibility index (Phi) is 4.91. The number of hydrogen-bond acceptors (Lipinski definition) is 4. The van der Waals surface area contributed by atoms with Crippen molar-refractivity contribution in [1.82, 2.24) is 9.88 Å². The maximum atomic E-state index is 5.50. The van der Waals surface area contributed by atoms with E-state index < -0.39 is 0 Å². The minimum atomic E-state index is 0.664. The topological polar surface area (TPSA) is 28.6 Å². The maximum absolute atomic E-state index is 5.50. The van der Waals surface area contributed by atoms with Gasteiger partial charge in [-0.1, -0.05) is 18.2 Å². The number of pyridine rings is 1. The molecule has 134 valence electrons. The Morgan fingerprint density at radius 3 is 2.56 bits per heavy atom. The Morgan fingerprint density at radius 2 is 1.80 bits per heavy atom. The summed E-state index contributed by atoms with van der Waals surface area (Å²) in [6, 6.07) is 11.4. The number of morpholine rings is 1. The van der Waals surface area contributed by atoms with Gasteiger partial charge in [-0.2, -0.15) is 0 Å². The van der Waals surface area contributed by atoms with Gasteiger partial charge in [0.05, 0.1) is 18.7 Å². The predicted molar refractivity (Wildman–Crippen MR) is 103 cm³/mol. The van der Waals surface area contributed by atoms with Crippen LogP contribution in [0.1, 0.15) is 25.3 Å². The van der Waals surface area contributed by atoms with Crippen LogP contribution in [0.2, 0.25) is 0 Å². The van der Waals surface area contributed by atoms with Crippen LogP contribution >= 0.6 is 0 Å². The lowest BCUT2D eigenvalue weighted by Gasteiger charge is -2.41. The Morgan fingerprint density at radius 1 is 1.08 bits per heavy atom. The molecule has 0 N–H and O–H groups in total. The fourth-order valence-corrected chi connectivity index (χ4v) is 4.39. The van der Waals surface area contributed by atoms with E-state index >= 15 is 0 Å². The van der Waals surface area contributed by atoms with Crippen LogP contribution in [-0.2, 0) is 4.74 Å². The summed E-state index contributed by atoms with van der Waals surface area (Å²) in [7, 11) is 0. The molecule has 1 aromatic heterocycles. The van der Waals surface area contributed by atoms with E-state index in [-0.39, 0.29) is 0 Å². The predicted octanol–water partition coefficient (Wildman–Crippen LogP) is 3.48. The van der Waals surface area contributed by atoms with Crippen LogP contribution in [0.15, 0.2) is 30.3 Å². The Hall–Kier alpha value is -1.65. The highest BCUT2D eigenvalue weighted by molar-refractivity contribution is 5.83. The fraction of sp³-hybridized carbons (Fsp3) is 0.571. The van der Waals surface area contributed by atoms with Gasteiger partial charge in [-0.25, -0.2) is 4.98 Å². The number of nitrogens with zero attached hydrogens (tertiary/aromatic N) is 3. The van der Waals surface area contributed by atoms with E-state index in [9.17, 15) is 0 Å². The van der Waals surface area contributed by atoms with E-state index in [4.69, 9.17) is 9.72 Å². The molecule has 4 heteroatoms. The molecule has 4 rings (SSSR count). The highest BCUT2D eigenvalue weighted by Crippen LogP contribution is 2.29. The maximum Gasteiger partial charge on any atom is 0.129 e.